The van der Waals surface area contributed by atoms with Gasteiger partial charge in [-0.2, -0.15) is 0 Å². The number of likely N-dealkylation sites (tertiary alicyclic amines) is 1. The van der Waals surface area contributed by atoms with E-state index in [1.807, 2.05) is 6.07 Å². The largest absolute Gasteiger partial charge is 0.348 e. The number of carbonyl (C=O) groups is 2. The molecule has 1 aromatic rings. The Kier molecular flexibility index (Phi) is 4.12. The van der Waals surface area contributed by atoms with Gasteiger partial charge >= 0.3 is 0 Å². The molecule has 3 heterocycles. The Morgan fingerprint density at radius 3 is 2.95 bits per heavy atom. The molecule has 1 saturated heterocycles. The second-order valence-electron chi connectivity index (χ2n) is 5.43. The van der Waals surface area contributed by atoms with Gasteiger partial charge in [0.05, 0.1) is 10.6 Å². The summed E-state index contributed by atoms with van der Waals surface area (Å²) >= 11 is 1.44. The number of carbonyl (C=O) groups excluding carboxylic acids is 2. The lowest BCUT2D eigenvalue weighted by Crippen LogP contribution is -2.43. The molecule has 0 atom stereocenters. The number of anilines is 1. The standard InChI is InChI=1S/C14H18N4O2S/c1-18-6-4-9(5-7-18)15-14(20)10-2-3-11-13(16-10)17-12(19)8-21-11/h2-3,9H,4-8H2,1H3,(H,15,20)(H,16,17,19). The number of hydrogen-bond acceptors (Lipinski definition) is 5. The average Bonchev–Trinajstić information content (AvgIpc) is 2.48. The van der Waals surface area contributed by atoms with Crippen molar-refractivity contribution in [2.45, 2.75) is 23.8 Å². The summed E-state index contributed by atoms with van der Waals surface area (Å²) in [4.78, 5) is 31.1. The van der Waals surface area contributed by atoms with Gasteiger partial charge < -0.3 is 15.5 Å². The van der Waals surface area contributed by atoms with Gasteiger partial charge in [0.15, 0.2) is 0 Å². The summed E-state index contributed by atoms with van der Waals surface area (Å²) in [6.07, 6.45) is 1.92. The van der Waals surface area contributed by atoms with Gasteiger partial charge in [-0.3, -0.25) is 9.59 Å². The summed E-state index contributed by atoms with van der Waals surface area (Å²) in [6, 6.07) is 3.76. The predicted octanol–water partition coefficient (Wildman–Crippen LogP) is 0.950. The molecule has 0 aliphatic carbocycles. The summed E-state index contributed by atoms with van der Waals surface area (Å²) in [5.74, 6) is 0.646. The smallest absolute Gasteiger partial charge is 0.270 e. The highest BCUT2D eigenvalue weighted by molar-refractivity contribution is 8.00. The summed E-state index contributed by atoms with van der Waals surface area (Å²) in [5.41, 5.74) is 0.357. The van der Waals surface area contributed by atoms with Crippen LogP contribution in [0, 0.1) is 0 Å². The number of nitrogens with zero attached hydrogens (tertiary/aromatic N) is 2. The fourth-order valence-corrected chi connectivity index (χ4v) is 3.26. The molecule has 112 valence electrons. The lowest BCUT2D eigenvalue weighted by Gasteiger charge is -2.29. The van der Waals surface area contributed by atoms with Gasteiger partial charge in [0.1, 0.15) is 11.5 Å². The van der Waals surface area contributed by atoms with Crippen molar-refractivity contribution in [1.82, 2.24) is 15.2 Å². The minimum Gasteiger partial charge on any atom is -0.348 e. The number of piperidine rings is 1. The number of pyridine rings is 1. The van der Waals surface area contributed by atoms with E-state index in [0.717, 1.165) is 30.8 Å². The first-order chi connectivity index (χ1) is 10.1. The van der Waals surface area contributed by atoms with E-state index in [2.05, 4.69) is 27.6 Å². The molecular weight excluding hydrogens is 288 g/mol. The first kappa shape index (κ1) is 14.3. The first-order valence-corrected chi connectivity index (χ1v) is 8.03. The van der Waals surface area contributed by atoms with E-state index in [-0.39, 0.29) is 17.9 Å². The highest BCUT2D eigenvalue weighted by atomic mass is 32.2. The van der Waals surface area contributed by atoms with Crippen molar-refractivity contribution in [3.63, 3.8) is 0 Å². The van der Waals surface area contributed by atoms with Gasteiger partial charge in [-0.25, -0.2) is 4.98 Å². The lowest BCUT2D eigenvalue weighted by atomic mass is 10.1. The molecule has 1 aromatic heterocycles. The SMILES string of the molecule is CN1CCC(NC(=O)c2ccc3c(n2)NC(=O)CS3)CC1. The highest BCUT2D eigenvalue weighted by Gasteiger charge is 2.22. The van der Waals surface area contributed by atoms with Crippen LogP contribution in [0.2, 0.25) is 0 Å². The third-order valence-corrected chi connectivity index (χ3v) is 4.81. The fourth-order valence-electron chi connectivity index (χ4n) is 2.50. The molecule has 2 aliphatic heterocycles. The van der Waals surface area contributed by atoms with Crippen molar-refractivity contribution in [1.29, 1.82) is 0 Å². The zero-order chi connectivity index (χ0) is 14.8. The van der Waals surface area contributed by atoms with Crippen molar-refractivity contribution in [2.75, 3.05) is 31.2 Å². The minimum atomic E-state index is -0.169. The Labute approximate surface area is 127 Å². The van der Waals surface area contributed by atoms with Crippen LogP contribution in [0.4, 0.5) is 5.82 Å². The molecule has 7 heteroatoms. The maximum atomic E-state index is 12.3. The molecule has 2 aliphatic rings. The zero-order valence-corrected chi connectivity index (χ0v) is 12.7. The number of hydrogen-bond donors (Lipinski definition) is 2. The number of fused-ring (bicyclic) bond motifs is 1. The van der Waals surface area contributed by atoms with E-state index in [9.17, 15) is 9.59 Å². The van der Waals surface area contributed by atoms with E-state index < -0.39 is 0 Å². The number of nitrogens with one attached hydrogen (secondary N) is 2. The van der Waals surface area contributed by atoms with Crippen molar-refractivity contribution in [2.24, 2.45) is 0 Å². The number of amides is 2. The summed E-state index contributed by atoms with van der Waals surface area (Å²) in [5, 5.41) is 5.73. The third kappa shape index (κ3) is 3.36. The Morgan fingerprint density at radius 1 is 1.43 bits per heavy atom. The molecule has 1 fully saturated rings. The van der Waals surface area contributed by atoms with Gasteiger partial charge in [-0.1, -0.05) is 0 Å². The Bertz CT molecular complexity index is 570. The van der Waals surface area contributed by atoms with Crippen LogP contribution >= 0.6 is 11.8 Å². The van der Waals surface area contributed by atoms with Gasteiger partial charge in [0.2, 0.25) is 5.91 Å². The number of aromatic nitrogens is 1. The van der Waals surface area contributed by atoms with Gasteiger partial charge in [0.25, 0.3) is 5.91 Å². The third-order valence-electron chi connectivity index (χ3n) is 3.76. The normalized spacial score (nSPS) is 19.8. The van der Waals surface area contributed by atoms with Crippen LogP contribution in [-0.4, -0.2) is 53.6 Å². The maximum Gasteiger partial charge on any atom is 0.270 e. The molecule has 0 aromatic carbocycles. The molecule has 0 saturated carbocycles. The molecule has 0 spiro atoms. The van der Waals surface area contributed by atoms with E-state index in [0.29, 0.717) is 17.3 Å². The molecule has 2 N–H and O–H groups in total. The van der Waals surface area contributed by atoms with Crippen molar-refractivity contribution >= 4 is 29.4 Å². The highest BCUT2D eigenvalue weighted by Crippen LogP contribution is 2.29. The van der Waals surface area contributed by atoms with Crippen molar-refractivity contribution < 1.29 is 9.59 Å². The van der Waals surface area contributed by atoms with Crippen molar-refractivity contribution in [3.8, 4) is 0 Å². The maximum absolute atomic E-state index is 12.3. The van der Waals surface area contributed by atoms with Gasteiger partial charge in [-0.05, 0) is 45.1 Å². The molecule has 6 nitrogen and oxygen atoms in total. The molecule has 0 bridgehead atoms. The summed E-state index contributed by atoms with van der Waals surface area (Å²) in [7, 11) is 2.09. The van der Waals surface area contributed by atoms with Gasteiger partial charge in [0, 0.05) is 6.04 Å². The van der Waals surface area contributed by atoms with Crippen LogP contribution in [0.25, 0.3) is 0 Å². The molecule has 21 heavy (non-hydrogen) atoms. The Balaban J connectivity index is 1.67. The summed E-state index contributed by atoms with van der Waals surface area (Å²) < 4.78 is 0. The first-order valence-electron chi connectivity index (χ1n) is 7.05. The van der Waals surface area contributed by atoms with Crippen LogP contribution in [0.5, 0.6) is 0 Å². The average molecular weight is 306 g/mol. The topological polar surface area (TPSA) is 74.3 Å². The van der Waals surface area contributed by atoms with Crippen molar-refractivity contribution in [3.05, 3.63) is 17.8 Å². The van der Waals surface area contributed by atoms with E-state index >= 15 is 0 Å². The molecular formula is C14H18N4O2S. The van der Waals surface area contributed by atoms with Crippen LogP contribution in [0.3, 0.4) is 0 Å². The monoisotopic (exact) mass is 306 g/mol. The van der Waals surface area contributed by atoms with Crippen LogP contribution in [-0.2, 0) is 4.79 Å². The predicted molar refractivity (Wildman–Crippen MR) is 81.6 cm³/mol. The molecule has 0 radical (unpaired) electrons. The second kappa shape index (κ2) is 6.03. The fraction of sp³-hybridized carbons (Fsp3) is 0.500. The second-order valence-corrected chi connectivity index (χ2v) is 6.45. The Morgan fingerprint density at radius 2 is 2.19 bits per heavy atom. The zero-order valence-electron chi connectivity index (χ0n) is 11.9. The van der Waals surface area contributed by atoms with Crippen LogP contribution in [0.15, 0.2) is 17.0 Å². The van der Waals surface area contributed by atoms with Crippen LogP contribution < -0.4 is 10.6 Å². The van der Waals surface area contributed by atoms with Gasteiger partial charge in [-0.15, -0.1) is 11.8 Å². The van der Waals surface area contributed by atoms with Crippen LogP contribution in [0.1, 0.15) is 23.3 Å². The lowest BCUT2D eigenvalue weighted by molar-refractivity contribution is -0.113. The molecule has 0 unspecified atom stereocenters. The molecule has 3 rings (SSSR count). The Hall–Kier alpha value is -1.60. The quantitative estimate of drug-likeness (QED) is 0.851. The minimum absolute atomic E-state index is 0.0760. The number of rotatable bonds is 2. The van der Waals surface area contributed by atoms with E-state index in [1.54, 1.807) is 6.07 Å². The summed E-state index contributed by atoms with van der Waals surface area (Å²) in [6.45, 7) is 1.99. The van der Waals surface area contributed by atoms with E-state index in [1.165, 1.54) is 11.8 Å². The number of thioether (sulfide) groups is 1. The molecule has 2 amide bonds. The van der Waals surface area contributed by atoms with E-state index in [4.69, 9.17) is 0 Å².